The predicted octanol–water partition coefficient (Wildman–Crippen LogP) is 5.36. The first-order valence-corrected chi connectivity index (χ1v) is 11.8. The topological polar surface area (TPSA) is 59.8 Å². The lowest BCUT2D eigenvalue weighted by Gasteiger charge is -2.29. The average molecular weight is 470 g/mol. The number of rotatable bonds is 12. The maximum Gasteiger partial charge on any atom is 0.227 e. The van der Waals surface area contributed by atoms with Crippen molar-refractivity contribution >= 4 is 0 Å². The number of hydrogen-bond acceptors (Lipinski definition) is 5. The van der Waals surface area contributed by atoms with Crippen LogP contribution in [0.5, 0.6) is 11.6 Å². The summed E-state index contributed by atoms with van der Waals surface area (Å²) in [4.78, 5) is 2.18. The van der Waals surface area contributed by atoms with Gasteiger partial charge < -0.3 is 14.6 Å². The standard InChI is InChI=1S/C27H36FN3O3/c1-19(2)17-33-18-24(32)15-30(20(3)4)16-26-21(5)29-31(23-9-7-6-8-10-23)27(26)34-25-13-11-22(28)12-14-25/h6-14,19-20,24,32H,15-18H2,1-5H3/t24-/m1/s1. The number of aliphatic hydroxyl groups excluding tert-OH is 1. The van der Waals surface area contributed by atoms with Crippen LogP contribution in [0, 0.1) is 18.7 Å². The van der Waals surface area contributed by atoms with Gasteiger partial charge in [-0.1, -0.05) is 32.0 Å². The minimum atomic E-state index is -0.605. The molecule has 1 N–H and O–H groups in total. The van der Waals surface area contributed by atoms with Crippen molar-refractivity contribution in [1.29, 1.82) is 0 Å². The van der Waals surface area contributed by atoms with Gasteiger partial charge in [0.25, 0.3) is 0 Å². The Bertz CT molecular complexity index is 1020. The van der Waals surface area contributed by atoms with E-state index >= 15 is 0 Å². The van der Waals surface area contributed by atoms with Crippen LogP contribution in [0.4, 0.5) is 4.39 Å². The molecule has 0 spiro atoms. The van der Waals surface area contributed by atoms with Gasteiger partial charge in [0.15, 0.2) is 0 Å². The molecule has 1 heterocycles. The van der Waals surface area contributed by atoms with E-state index in [0.717, 1.165) is 16.9 Å². The lowest BCUT2D eigenvalue weighted by molar-refractivity contribution is 0.00161. The number of aromatic nitrogens is 2. The molecule has 1 aromatic heterocycles. The van der Waals surface area contributed by atoms with Gasteiger partial charge in [0.05, 0.1) is 29.7 Å². The van der Waals surface area contributed by atoms with E-state index in [0.29, 0.717) is 43.9 Å². The molecule has 0 aliphatic carbocycles. The second kappa shape index (κ2) is 12.1. The van der Waals surface area contributed by atoms with Crippen LogP contribution in [-0.4, -0.2) is 51.7 Å². The Morgan fingerprint density at radius 3 is 2.29 bits per heavy atom. The molecule has 184 valence electrons. The highest BCUT2D eigenvalue weighted by Gasteiger charge is 2.24. The van der Waals surface area contributed by atoms with Gasteiger partial charge >= 0.3 is 0 Å². The maximum atomic E-state index is 13.5. The highest BCUT2D eigenvalue weighted by Crippen LogP contribution is 2.32. The molecule has 6 nitrogen and oxygen atoms in total. The number of nitrogens with zero attached hydrogens (tertiary/aromatic N) is 3. The van der Waals surface area contributed by atoms with Crippen molar-refractivity contribution < 1.29 is 19.0 Å². The number of aliphatic hydroxyl groups is 1. The molecular formula is C27H36FN3O3. The van der Waals surface area contributed by atoms with Crippen LogP contribution in [-0.2, 0) is 11.3 Å². The Hall–Kier alpha value is -2.74. The number of para-hydroxylation sites is 1. The van der Waals surface area contributed by atoms with Crippen LogP contribution in [0.15, 0.2) is 54.6 Å². The van der Waals surface area contributed by atoms with Crippen LogP contribution in [0.25, 0.3) is 5.69 Å². The smallest absolute Gasteiger partial charge is 0.227 e. The van der Waals surface area contributed by atoms with Crippen molar-refractivity contribution in [2.75, 3.05) is 19.8 Å². The Labute approximate surface area is 201 Å². The molecule has 1 atom stereocenters. The fourth-order valence-corrected chi connectivity index (χ4v) is 3.61. The van der Waals surface area contributed by atoms with E-state index in [9.17, 15) is 9.50 Å². The van der Waals surface area contributed by atoms with Crippen LogP contribution in [0.2, 0.25) is 0 Å². The second-order valence-electron chi connectivity index (χ2n) is 9.28. The first kappa shape index (κ1) is 25.9. The van der Waals surface area contributed by atoms with Crippen LogP contribution >= 0.6 is 0 Å². The number of halogens is 1. The fourth-order valence-electron chi connectivity index (χ4n) is 3.61. The Balaban J connectivity index is 1.89. The van der Waals surface area contributed by atoms with Crippen molar-refractivity contribution in [1.82, 2.24) is 14.7 Å². The van der Waals surface area contributed by atoms with E-state index in [1.165, 1.54) is 12.1 Å². The lowest BCUT2D eigenvalue weighted by Crippen LogP contribution is -2.39. The molecule has 2 aromatic carbocycles. The molecule has 0 aliphatic heterocycles. The summed E-state index contributed by atoms with van der Waals surface area (Å²) in [6.07, 6.45) is -0.605. The molecule has 0 fully saturated rings. The highest BCUT2D eigenvalue weighted by molar-refractivity contribution is 5.43. The normalized spacial score (nSPS) is 12.6. The van der Waals surface area contributed by atoms with Crippen LogP contribution < -0.4 is 4.74 Å². The third kappa shape index (κ3) is 7.13. The second-order valence-corrected chi connectivity index (χ2v) is 9.28. The van der Waals surface area contributed by atoms with Crippen LogP contribution in [0.3, 0.4) is 0 Å². The van der Waals surface area contributed by atoms with Gasteiger partial charge in [-0.15, -0.1) is 0 Å². The van der Waals surface area contributed by atoms with E-state index < -0.39 is 6.10 Å². The average Bonchev–Trinajstić information content (AvgIpc) is 3.10. The molecule has 0 amide bonds. The van der Waals surface area contributed by atoms with Gasteiger partial charge in [0, 0.05) is 25.7 Å². The van der Waals surface area contributed by atoms with Crippen molar-refractivity contribution in [2.45, 2.75) is 53.3 Å². The molecule has 0 saturated heterocycles. The van der Waals surface area contributed by atoms with Gasteiger partial charge in [-0.2, -0.15) is 5.10 Å². The summed E-state index contributed by atoms with van der Waals surface area (Å²) in [6.45, 7) is 12.2. The van der Waals surface area contributed by atoms with E-state index in [1.807, 2.05) is 37.3 Å². The number of benzene rings is 2. The molecule has 3 rings (SSSR count). The number of aryl methyl sites for hydroxylation is 1. The first-order chi connectivity index (χ1) is 16.2. The Kier molecular flexibility index (Phi) is 9.21. The molecule has 0 aliphatic rings. The summed E-state index contributed by atoms with van der Waals surface area (Å²) in [6, 6.07) is 15.9. The largest absolute Gasteiger partial charge is 0.439 e. The van der Waals surface area contributed by atoms with Crippen molar-refractivity contribution in [3.63, 3.8) is 0 Å². The van der Waals surface area contributed by atoms with E-state index in [4.69, 9.17) is 14.6 Å². The molecule has 0 bridgehead atoms. The van der Waals surface area contributed by atoms with Gasteiger partial charge in [0.1, 0.15) is 11.6 Å². The molecule has 0 saturated carbocycles. The van der Waals surface area contributed by atoms with Crippen molar-refractivity contribution in [3.05, 3.63) is 71.7 Å². The first-order valence-electron chi connectivity index (χ1n) is 11.8. The van der Waals surface area contributed by atoms with Gasteiger partial charge in [-0.25, -0.2) is 9.07 Å². The Morgan fingerprint density at radius 1 is 1.00 bits per heavy atom. The SMILES string of the molecule is Cc1nn(-c2ccccc2)c(Oc2ccc(F)cc2)c1CN(C[C@@H](O)COCC(C)C)C(C)C. The zero-order chi connectivity index (χ0) is 24.7. The molecule has 0 radical (unpaired) electrons. The molecule has 3 aromatic rings. The van der Waals surface area contributed by atoms with Crippen LogP contribution in [0.1, 0.15) is 39.0 Å². The summed E-state index contributed by atoms with van der Waals surface area (Å²) in [7, 11) is 0. The molecular weight excluding hydrogens is 433 g/mol. The summed E-state index contributed by atoms with van der Waals surface area (Å²) >= 11 is 0. The lowest BCUT2D eigenvalue weighted by atomic mass is 10.2. The maximum absolute atomic E-state index is 13.5. The summed E-state index contributed by atoms with van der Waals surface area (Å²) in [5.41, 5.74) is 2.61. The van der Waals surface area contributed by atoms with E-state index in [-0.39, 0.29) is 11.9 Å². The molecule has 0 unspecified atom stereocenters. The minimum Gasteiger partial charge on any atom is -0.439 e. The van der Waals surface area contributed by atoms with Gasteiger partial charge in [-0.3, -0.25) is 4.90 Å². The van der Waals surface area contributed by atoms with E-state index in [1.54, 1.807) is 16.8 Å². The Morgan fingerprint density at radius 2 is 1.68 bits per heavy atom. The molecule has 7 heteroatoms. The summed E-state index contributed by atoms with van der Waals surface area (Å²) in [5, 5.41) is 15.3. The van der Waals surface area contributed by atoms with Crippen molar-refractivity contribution in [2.24, 2.45) is 5.92 Å². The zero-order valence-corrected chi connectivity index (χ0v) is 20.7. The molecule has 34 heavy (non-hydrogen) atoms. The summed E-state index contributed by atoms with van der Waals surface area (Å²) in [5.74, 6) is 1.20. The predicted molar refractivity (Wildman–Crippen MR) is 132 cm³/mol. The third-order valence-electron chi connectivity index (χ3n) is 5.46. The minimum absolute atomic E-state index is 0.179. The number of hydrogen-bond donors (Lipinski definition) is 1. The highest BCUT2D eigenvalue weighted by atomic mass is 19.1. The number of ether oxygens (including phenoxy) is 2. The monoisotopic (exact) mass is 469 g/mol. The van der Waals surface area contributed by atoms with Gasteiger partial charge in [-0.05, 0) is 63.1 Å². The van der Waals surface area contributed by atoms with Crippen molar-refractivity contribution in [3.8, 4) is 17.3 Å². The fraction of sp³-hybridized carbons (Fsp3) is 0.444. The quantitative estimate of drug-likeness (QED) is 0.387. The van der Waals surface area contributed by atoms with E-state index in [2.05, 4.69) is 32.6 Å². The summed E-state index contributed by atoms with van der Waals surface area (Å²) < 4.78 is 27.1. The third-order valence-corrected chi connectivity index (χ3v) is 5.46. The zero-order valence-electron chi connectivity index (χ0n) is 20.7. The van der Waals surface area contributed by atoms with Gasteiger partial charge in [0.2, 0.25) is 5.88 Å².